The van der Waals surface area contributed by atoms with Crippen LogP contribution in [-0.2, 0) is 0 Å². The third kappa shape index (κ3) is 4.75. The second kappa shape index (κ2) is 6.36. The minimum atomic E-state index is 0.239. The summed E-state index contributed by atoms with van der Waals surface area (Å²) in [7, 11) is 4.10. The minimum Gasteiger partial charge on any atom is -0.309 e. The van der Waals surface area contributed by atoms with Crippen molar-refractivity contribution in [2.24, 2.45) is 0 Å². The fraction of sp³-hybridized carbons (Fsp3) is 0.462. The summed E-state index contributed by atoms with van der Waals surface area (Å²) in [6.07, 6.45) is 2.70. The number of hydrogen-bond donors (Lipinski definition) is 0. The van der Waals surface area contributed by atoms with E-state index >= 15 is 0 Å². The molecule has 0 aliphatic heterocycles. The number of Topliss-reactive ketones (excluding diaryl/α,β-unsaturated/α-hetero) is 1. The lowest BCUT2D eigenvalue weighted by Crippen LogP contribution is -2.13. The van der Waals surface area contributed by atoms with Gasteiger partial charge in [0.2, 0.25) is 0 Å². The molecule has 0 aliphatic carbocycles. The fourth-order valence-corrected chi connectivity index (χ4v) is 1.43. The first-order valence-corrected chi connectivity index (χ1v) is 5.34. The van der Waals surface area contributed by atoms with Crippen LogP contribution in [0.3, 0.4) is 0 Å². The predicted molar refractivity (Wildman–Crippen MR) is 62.0 cm³/mol. The summed E-state index contributed by atoms with van der Waals surface area (Å²) in [5.41, 5.74) is 0.804. The van der Waals surface area contributed by atoms with Crippen LogP contribution in [0.2, 0.25) is 0 Å². The second-order valence-corrected chi connectivity index (χ2v) is 3.97. The monoisotopic (exact) mass is 204 g/mol. The highest BCUT2D eigenvalue weighted by Crippen LogP contribution is 2.06. The molecule has 0 saturated carbocycles. The first-order chi connectivity index (χ1) is 7.20. The predicted octanol–water partition coefficient (Wildman–Crippen LogP) is 2.40. The van der Waals surface area contributed by atoms with Crippen LogP contribution in [0.1, 0.15) is 29.6 Å². The minimum absolute atomic E-state index is 0.239. The van der Waals surface area contributed by atoms with Gasteiger partial charge in [-0.2, -0.15) is 0 Å². The second-order valence-electron chi connectivity index (χ2n) is 3.97. The summed E-state index contributed by atoms with van der Waals surface area (Å²) < 4.78 is 0. The molecule has 1 aromatic rings. The van der Waals surface area contributed by atoms with E-state index in [-0.39, 0.29) is 5.78 Å². The zero-order chi connectivity index (χ0) is 11.1. The molecule has 1 radical (unpaired) electrons. The molecule has 0 spiro atoms. The molecule has 0 atom stereocenters. The first-order valence-electron chi connectivity index (χ1n) is 5.34. The Balaban J connectivity index is 2.25. The molecule has 0 aromatic heterocycles. The van der Waals surface area contributed by atoms with Gasteiger partial charge in [0, 0.05) is 12.0 Å². The van der Waals surface area contributed by atoms with E-state index < -0.39 is 0 Å². The summed E-state index contributed by atoms with van der Waals surface area (Å²) in [5, 5.41) is 0. The molecule has 81 valence electrons. The Bertz CT molecular complexity index is 293. The summed E-state index contributed by atoms with van der Waals surface area (Å²) in [6, 6.07) is 10.1. The molecule has 0 aliphatic rings. The van der Waals surface area contributed by atoms with Crippen molar-refractivity contribution in [2.75, 3.05) is 20.6 Å². The van der Waals surface area contributed by atoms with Crippen molar-refractivity contribution >= 4 is 5.78 Å². The SMILES string of the molecule is CN(C)CCCCC(=O)c1cc[c]cc1. The Kier molecular flexibility index (Phi) is 5.05. The summed E-state index contributed by atoms with van der Waals surface area (Å²) in [6.45, 7) is 1.05. The van der Waals surface area contributed by atoms with Gasteiger partial charge in [0.05, 0.1) is 0 Å². The van der Waals surface area contributed by atoms with E-state index in [9.17, 15) is 4.79 Å². The summed E-state index contributed by atoms with van der Waals surface area (Å²) >= 11 is 0. The maximum atomic E-state index is 11.7. The normalized spacial score (nSPS) is 10.6. The van der Waals surface area contributed by atoms with E-state index in [0.717, 1.165) is 24.9 Å². The maximum absolute atomic E-state index is 11.7. The number of unbranched alkanes of at least 4 members (excludes halogenated alkanes) is 1. The molecule has 2 nitrogen and oxygen atoms in total. The van der Waals surface area contributed by atoms with Gasteiger partial charge in [-0.1, -0.05) is 24.3 Å². The van der Waals surface area contributed by atoms with Crippen molar-refractivity contribution in [3.8, 4) is 0 Å². The standard InChI is InChI=1S/C13H18NO/c1-14(2)11-7-6-10-13(15)12-8-4-3-5-9-12/h4-5,8-9H,6-7,10-11H2,1-2H3. The van der Waals surface area contributed by atoms with E-state index in [1.165, 1.54) is 0 Å². The van der Waals surface area contributed by atoms with Crippen molar-refractivity contribution in [1.82, 2.24) is 4.90 Å². The van der Waals surface area contributed by atoms with Gasteiger partial charge in [0.15, 0.2) is 5.78 Å². The highest BCUT2D eigenvalue weighted by molar-refractivity contribution is 5.95. The molecule has 15 heavy (non-hydrogen) atoms. The van der Waals surface area contributed by atoms with Crippen LogP contribution in [0.4, 0.5) is 0 Å². The fourth-order valence-electron chi connectivity index (χ4n) is 1.43. The van der Waals surface area contributed by atoms with Crippen LogP contribution < -0.4 is 0 Å². The van der Waals surface area contributed by atoms with E-state index in [1.807, 2.05) is 12.1 Å². The van der Waals surface area contributed by atoms with Crippen LogP contribution >= 0.6 is 0 Å². The van der Waals surface area contributed by atoms with E-state index in [4.69, 9.17) is 0 Å². The Morgan fingerprint density at radius 1 is 1.27 bits per heavy atom. The van der Waals surface area contributed by atoms with Crippen LogP contribution in [0, 0.1) is 6.07 Å². The van der Waals surface area contributed by atoms with Gasteiger partial charge in [0.25, 0.3) is 0 Å². The van der Waals surface area contributed by atoms with Gasteiger partial charge in [-0.15, -0.1) is 0 Å². The highest BCUT2D eigenvalue weighted by Gasteiger charge is 2.03. The zero-order valence-electron chi connectivity index (χ0n) is 9.49. The van der Waals surface area contributed by atoms with Gasteiger partial charge in [0.1, 0.15) is 0 Å². The van der Waals surface area contributed by atoms with Crippen molar-refractivity contribution in [2.45, 2.75) is 19.3 Å². The Morgan fingerprint density at radius 2 is 1.93 bits per heavy atom. The van der Waals surface area contributed by atoms with Gasteiger partial charge in [-0.05, 0) is 39.5 Å². The van der Waals surface area contributed by atoms with E-state index in [1.54, 1.807) is 12.1 Å². The quantitative estimate of drug-likeness (QED) is 0.524. The number of nitrogens with zero attached hydrogens (tertiary/aromatic N) is 1. The van der Waals surface area contributed by atoms with Crippen molar-refractivity contribution in [1.29, 1.82) is 0 Å². The number of hydrogen-bond acceptors (Lipinski definition) is 2. The molecule has 0 heterocycles. The van der Waals surface area contributed by atoms with Crippen LogP contribution in [0.15, 0.2) is 24.3 Å². The van der Waals surface area contributed by atoms with Crippen LogP contribution in [0.25, 0.3) is 0 Å². The molecule has 1 rings (SSSR count). The molecule has 0 N–H and O–H groups in total. The average Bonchev–Trinajstić information content (AvgIpc) is 2.25. The number of carbonyl (C=O) groups excluding carboxylic acids is 1. The Morgan fingerprint density at radius 3 is 2.53 bits per heavy atom. The third-order valence-corrected chi connectivity index (χ3v) is 2.30. The van der Waals surface area contributed by atoms with Gasteiger partial charge in [-0.3, -0.25) is 4.79 Å². The molecule has 2 heteroatoms. The number of benzene rings is 1. The average molecular weight is 204 g/mol. The molecule has 0 saturated heterocycles. The Hall–Kier alpha value is -1.15. The maximum Gasteiger partial charge on any atom is 0.162 e. The zero-order valence-corrected chi connectivity index (χ0v) is 9.49. The first kappa shape index (κ1) is 11.9. The lowest BCUT2D eigenvalue weighted by Gasteiger charge is -2.08. The lowest BCUT2D eigenvalue weighted by atomic mass is 10.1. The molecular weight excluding hydrogens is 186 g/mol. The van der Waals surface area contributed by atoms with E-state index in [2.05, 4.69) is 25.1 Å². The smallest absolute Gasteiger partial charge is 0.162 e. The molecule has 0 fully saturated rings. The number of rotatable bonds is 6. The summed E-state index contributed by atoms with van der Waals surface area (Å²) in [4.78, 5) is 13.8. The van der Waals surface area contributed by atoms with Crippen molar-refractivity contribution in [3.63, 3.8) is 0 Å². The molecule has 0 amide bonds. The molecular formula is C13H18NO. The summed E-state index contributed by atoms with van der Waals surface area (Å²) in [5.74, 6) is 0.239. The number of ketones is 1. The Labute approximate surface area is 91.9 Å². The molecule has 0 bridgehead atoms. The van der Waals surface area contributed by atoms with Gasteiger partial charge >= 0.3 is 0 Å². The van der Waals surface area contributed by atoms with Gasteiger partial charge < -0.3 is 4.90 Å². The van der Waals surface area contributed by atoms with Crippen LogP contribution in [-0.4, -0.2) is 31.3 Å². The van der Waals surface area contributed by atoms with Crippen molar-refractivity contribution in [3.05, 3.63) is 35.9 Å². The molecule has 0 unspecified atom stereocenters. The molecule has 1 aromatic carbocycles. The lowest BCUT2D eigenvalue weighted by molar-refractivity contribution is 0.0978. The van der Waals surface area contributed by atoms with Gasteiger partial charge in [-0.25, -0.2) is 0 Å². The van der Waals surface area contributed by atoms with Crippen molar-refractivity contribution < 1.29 is 4.79 Å². The van der Waals surface area contributed by atoms with E-state index in [0.29, 0.717) is 6.42 Å². The third-order valence-electron chi connectivity index (χ3n) is 2.30. The topological polar surface area (TPSA) is 20.3 Å². The highest BCUT2D eigenvalue weighted by atomic mass is 16.1. The number of carbonyl (C=O) groups is 1. The van der Waals surface area contributed by atoms with Crippen LogP contribution in [0.5, 0.6) is 0 Å². The largest absolute Gasteiger partial charge is 0.309 e.